The standard InChI is InChI=1S/C13H19N3O/c1-8(2)15-13(17)9-3-6-12(11(14)7-9)16-10-4-5-10/h3,6-8,10,16H,4-5,14H2,1-2H3,(H,15,17). The fourth-order valence-corrected chi connectivity index (χ4v) is 1.63. The van der Waals surface area contributed by atoms with Gasteiger partial charge in [0, 0.05) is 17.6 Å². The quantitative estimate of drug-likeness (QED) is 0.697. The van der Waals surface area contributed by atoms with Crippen LogP contribution in [0.2, 0.25) is 0 Å². The Morgan fingerprint density at radius 3 is 2.65 bits per heavy atom. The molecule has 2 rings (SSSR count). The van der Waals surface area contributed by atoms with E-state index in [0.717, 1.165) is 5.69 Å². The molecule has 4 N–H and O–H groups in total. The van der Waals surface area contributed by atoms with Gasteiger partial charge in [0.2, 0.25) is 0 Å². The van der Waals surface area contributed by atoms with E-state index >= 15 is 0 Å². The Bertz CT molecular complexity index is 425. The Balaban J connectivity index is 2.09. The fraction of sp³-hybridized carbons (Fsp3) is 0.462. The van der Waals surface area contributed by atoms with Gasteiger partial charge in [-0.15, -0.1) is 0 Å². The number of hydrogen-bond donors (Lipinski definition) is 3. The highest BCUT2D eigenvalue weighted by atomic mass is 16.1. The van der Waals surface area contributed by atoms with Crippen molar-refractivity contribution in [3.8, 4) is 0 Å². The van der Waals surface area contributed by atoms with Gasteiger partial charge in [0.25, 0.3) is 5.91 Å². The van der Waals surface area contributed by atoms with Crippen LogP contribution in [-0.4, -0.2) is 18.0 Å². The van der Waals surface area contributed by atoms with Gasteiger partial charge in [-0.05, 0) is 44.9 Å². The van der Waals surface area contributed by atoms with Gasteiger partial charge in [0.15, 0.2) is 0 Å². The monoisotopic (exact) mass is 233 g/mol. The number of carbonyl (C=O) groups excluding carboxylic acids is 1. The average Bonchev–Trinajstić information content (AvgIpc) is 3.04. The predicted molar refractivity (Wildman–Crippen MR) is 70.1 cm³/mol. The number of amides is 1. The highest BCUT2D eigenvalue weighted by Crippen LogP contribution is 2.28. The summed E-state index contributed by atoms with van der Waals surface area (Å²) in [7, 11) is 0. The first-order valence-electron chi connectivity index (χ1n) is 6.03. The molecule has 92 valence electrons. The molecule has 0 heterocycles. The molecule has 0 bridgehead atoms. The molecule has 4 nitrogen and oxygen atoms in total. The third-order valence-corrected chi connectivity index (χ3v) is 2.67. The Labute approximate surface area is 102 Å². The molecule has 0 aromatic heterocycles. The van der Waals surface area contributed by atoms with Crippen molar-refractivity contribution in [3.63, 3.8) is 0 Å². The second-order valence-electron chi connectivity index (χ2n) is 4.85. The van der Waals surface area contributed by atoms with Crippen LogP contribution in [0.25, 0.3) is 0 Å². The molecule has 0 saturated heterocycles. The molecule has 1 fully saturated rings. The van der Waals surface area contributed by atoms with Gasteiger partial charge in [-0.3, -0.25) is 4.79 Å². The van der Waals surface area contributed by atoms with E-state index in [1.54, 1.807) is 12.1 Å². The minimum absolute atomic E-state index is 0.0790. The van der Waals surface area contributed by atoms with Crippen LogP contribution < -0.4 is 16.4 Å². The molecule has 1 amide bonds. The molecule has 17 heavy (non-hydrogen) atoms. The summed E-state index contributed by atoms with van der Waals surface area (Å²) >= 11 is 0. The summed E-state index contributed by atoms with van der Waals surface area (Å²) < 4.78 is 0. The second-order valence-corrected chi connectivity index (χ2v) is 4.85. The van der Waals surface area contributed by atoms with E-state index in [4.69, 9.17) is 5.73 Å². The van der Waals surface area contributed by atoms with Crippen molar-refractivity contribution >= 4 is 17.3 Å². The van der Waals surface area contributed by atoms with Crippen molar-refractivity contribution in [2.75, 3.05) is 11.1 Å². The van der Waals surface area contributed by atoms with Crippen LogP contribution in [0.5, 0.6) is 0 Å². The molecule has 0 aliphatic heterocycles. The smallest absolute Gasteiger partial charge is 0.251 e. The molecule has 1 aliphatic rings. The number of nitrogens with one attached hydrogen (secondary N) is 2. The first-order chi connectivity index (χ1) is 8.06. The number of anilines is 2. The van der Waals surface area contributed by atoms with Crippen LogP contribution in [0.3, 0.4) is 0 Å². The first kappa shape index (κ1) is 11.8. The molecule has 4 heteroatoms. The van der Waals surface area contributed by atoms with Gasteiger partial charge in [0.05, 0.1) is 11.4 Å². The van der Waals surface area contributed by atoms with Crippen LogP contribution in [0, 0.1) is 0 Å². The van der Waals surface area contributed by atoms with E-state index in [-0.39, 0.29) is 11.9 Å². The topological polar surface area (TPSA) is 67.2 Å². The summed E-state index contributed by atoms with van der Waals surface area (Å²) in [6.45, 7) is 3.87. The molecule has 1 saturated carbocycles. The largest absolute Gasteiger partial charge is 0.397 e. The van der Waals surface area contributed by atoms with Gasteiger partial charge >= 0.3 is 0 Å². The van der Waals surface area contributed by atoms with Crippen LogP contribution in [0.1, 0.15) is 37.0 Å². The predicted octanol–water partition coefficient (Wildman–Crippen LogP) is 1.98. The maximum absolute atomic E-state index is 11.8. The lowest BCUT2D eigenvalue weighted by molar-refractivity contribution is 0.0943. The van der Waals surface area contributed by atoms with Gasteiger partial charge in [0.1, 0.15) is 0 Å². The normalized spacial score (nSPS) is 14.8. The highest BCUT2D eigenvalue weighted by Gasteiger charge is 2.21. The van der Waals surface area contributed by atoms with Crippen LogP contribution in [0.4, 0.5) is 11.4 Å². The van der Waals surface area contributed by atoms with Gasteiger partial charge in [-0.1, -0.05) is 0 Å². The van der Waals surface area contributed by atoms with Crippen molar-refractivity contribution in [2.45, 2.75) is 38.8 Å². The number of carbonyl (C=O) groups is 1. The van der Waals surface area contributed by atoms with E-state index in [1.165, 1.54) is 12.8 Å². The summed E-state index contributed by atoms with van der Waals surface area (Å²) in [4.78, 5) is 11.8. The van der Waals surface area contributed by atoms with E-state index in [9.17, 15) is 4.79 Å². The van der Waals surface area contributed by atoms with E-state index in [1.807, 2.05) is 19.9 Å². The zero-order valence-electron chi connectivity index (χ0n) is 10.3. The molecular formula is C13H19N3O. The summed E-state index contributed by atoms with van der Waals surface area (Å²) in [5, 5.41) is 6.18. The molecule has 1 aromatic rings. The molecule has 0 unspecified atom stereocenters. The highest BCUT2D eigenvalue weighted by molar-refractivity contribution is 5.96. The number of hydrogen-bond acceptors (Lipinski definition) is 3. The molecule has 0 radical (unpaired) electrons. The van der Waals surface area contributed by atoms with Crippen LogP contribution >= 0.6 is 0 Å². The van der Waals surface area contributed by atoms with Gasteiger partial charge in [-0.2, -0.15) is 0 Å². The lowest BCUT2D eigenvalue weighted by Gasteiger charge is -2.11. The first-order valence-corrected chi connectivity index (χ1v) is 6.03. The maximum Gasteiger partial charge on any atom is 0.251 e. The number of benzene rings is 1. The minimum atomic E-state index is -0.0790. The number of rotatable bonds is 4. The Morgan fingerprint density at radius 2 is 2.12 bits per heavy atom. The molecule has 0 atom stereocenters. The SMILES string of the molecule is CC(C)NC(=O)c1ccc(NC2CC2)c(N)c1. The van der Waals surface area contributed by atoms with E-state index in [0.29, 0.717) is 17.3 Å². The van der Waals surface area contributed by atoms with Crippen LogP contribution in [0.15, 0.2) is 18.2 Å². The lowest BCUT2D eigenvalue weighted by Crippen LogP contribution is -2.30. The molecule has 1 aliphatic carbocycles. The molecule has 1 aromatic carbocycles. The summed E-state index contributed by atoms with van der Waals surface area (Å²) in [5.41, 5.74) is 8.09. The summed E-state index contributed by atoms with van der Waals surface area (Å²) in [6.07, 6.45) is 2.41. The van der Waals surface area contributed by atoms with E-state index in [2.05, 4.69) is 10.6 Å². The summed E-state index contributed by atoms with van der Waals surface area (Å²) in [6, 6.07) is 6.10. The van der Waals surface area contributed by atoms with Crippen molar-refractivity contribution in [1.29, 1.82) is 0 Å². The molecule has 0 spiro atoms. The van der Waals surface area contributed by atoms with Crippen LogP contribution in [-0.2, 0) is 0 Å². The van der Waals surface area contributed by atoms with Crippen molar-refractivity contribution in [3.05, 3.63) is 23.8 Å². The van der Waals surface area contributed by atoms with E-state index < -0.39 is 0 Å². The molecular weight excluding hydrogens is 214 g/mol. The Hall–Kier alpha value is -1.71. The Kier molecular flexibility index (Phi) is 3.22. The maximum atomic E-state index is 11.8. The van der Waals surface area contributed by atoms with Crippen molar-refractivity contribution in [1.82, 2.24) is 5.32 Å². The van der Waals surface area contributed by atoms with Crippen molar-refractivity contribution in [2.24, 2.45) is 0 Å². The number of nitrogen functional groups attached to an aromatic ring is 1. The zero-order valence-corrected chi connectivity index (χ0v) is 10.3. The van der Waals surface area contributed by atoms with Gasteiger partial charge < -0.3 is 16.4 Å². The average molecular weight is 233 g/mol. The zero-order chi connectivity index (χ0) is 12.4. The summed E-state index contributed by atoms with van der Waals surface area (Å²) in [5.74, 6) is -0.0790. The minimum Gasteiger partial charge on any atom is -0.397 e. The van der Waals surface area contributed by atoms with Crippen molar-refractivity contribution < 1.29 is 4.79 Å². The lowest BCUT2D eigenvalue weighted by atomic mass is 10.1. The third-order valence-electron chi connectivity index (χ3n) is 2.67. The number of nitrogens with two attached hydrogens (primary N) is 1. The third kappa shape index (κ3) is 3.12. The second kappa shape index (κ2) is 4.65. The Morgan fingerprint density at radius 1 is 1.41 bits per heavy atom. The fourth-order valence-electron chi connectivity index (χ4n) is 1.63. The van der Waals surface area contributed by atoms with Gasteiger partial charge in [-0.25, -0.2) is 0 Å².